The molecule has 2 aromatic heterocycles. The lowest BCUT2D eigenvalue weighted by atomic mass is 9.95. The minimum atomic E-state index is -0.713. The molecule has 0 bridgehead atoms. The SMILES string of the molecule is CCC(C)CC(=Nc1ncnc(-c2ccc(CNC(=O)c3cnc(C(C)(C)C)s3)c(C)c2)c1C)N1CCC(C(=O)O)CC1. The summed E-state index contributed by atoms with van der Waals surface area (Å²) in [5.41, 5.74) is 4.67. The molecular weight excluding hydrogens is 560 g/mol. The number of rotatable bonds is 9. The Hall–Kier alpha value is -3.66. The Morgan fingerprint density at radius 1 is 1.16 bits per heavy atom. The van der Waals surface area contributed by atoms with Gasteiger partial charge < -0.3 is 15.3 Å². The van der Waals surface area contributed by atoms with Crippen LogP contribution in [0.25, 0.3) is 11.3 Å². The summed E-state index contributed by atoms with van der Waals surface area (Å²) >= 11 is 1.43. The minimum Gasteiger partial charge on any atom is -0.481 e. The standard InChI is InChI=1S/C33H44N6O3S/c1-8-20(2)15-27(39-13-11-23(12-14-39)31(41)42)38-29-22(4)28(36-19-37-29)24-9-10-25(21(3)16-24)17-34-30(40)26-18-35-32(43-26)33(5,6)7/h9-10,16,18-20,23H,8,11-15,17H2,1-7H3,(H,34,40)(H,41,42). The number of nitrogens with one attached hydrogen (secondary N) is 1. The smallest absolute Gasteiger partial charge is 0.306 e. The maximum Gasteiger partial charge on any atom is 0.306 e. The number of hydrogen-bond acceptors (Lipinski definition) is 7. The fourth-order valence-electron chi connectivity index (χ4n) is 5.08. The van der Waals surface area contributed by atoms with Gasteiger partial charge in [-0.1, -0.05) is 53.2 Å². The second-order valence-electron chi connectivity index (χ2n) is 12.6. The molecule has 0 radical (unpaired) electrons. The molecule has 1 saturated heterocycles. The molecule has 3 heterocycles. The van der Waals surface area contributed by atoms with Gasteiger partial charge in [0.1, 0.15) is 17.0 Å². The van der Waals surface area contributed by atoms with Gasteiger partial charge in [-0.25, -0.2) is 19.9 Å². The van der Waals surface area contributed by atoms with Crippen molar-refractivity contribution in [3.05, 3.63) is 57.3 Å². The van der Waals surface area contributed by atoms with Crippen LogP contribution in [0.4, 0.5) is 5.82 Å². The summed E-state index contributed by atoms with van der Waals surface area (Å²) in [5.74, 6) is 0.924. The van der Waals surface area contributed by atoms with Crippen molar-refractivity contribution < 1.29 is 14.7 Å². The van der Waals surface area contributed by atoms with Crippen LogP contribution in [-0.4, -0.2) is 55.8 Å². The summed E-state index contributed by atoms with van der Waals surface area (Å²) in [5, 5.41) is 13.4. The lowest BCUT2D eigenvalue weighted by molar-refractivity contribution is -0.143. The number of amidine groups is 1. The first-order valence-corrected chi connectivity index (χ1v) is 15.9. The molecule has 1 atom stereocenters. The molecule has 1 aliphatic heterocycles. The zero-order valence-corrected chi connectivity index (χ0v) is 27.2. The van der Waals surface area contributed by atoms with E-state index in [0.29, 0.717) is 49.1 Å². The predicted molar refractivity (Wildman–Crippen MR) is 172 cm³/mol. The average molecular weight is 605 g/mol. The molecule has 9 nitrogen and oxygen atoms in total. The summed E-state index contributed by atoms with van der Waals surface area (Å²) in [4.78, 5) is 45.7. The predicted octanol–water partition coefficient (Wildman–Crippen LogP) is 6.71. The van der Waals surface area contributed by atoms with Crippen molar-refractivity contribution in [1.29, 1.82) is 0 Å². The fraction of sp³-hybridized carbons (Fsp3) is 0.515. The van der Waals surface area contributed by atoms with E-state index < -0.39 is 5.97 Å². The summed E-state index contributed by atoms with van der Waals surface area (Å²) in [7, 11) is 0. The Morgan fingerprint density at radius 3 is 2.49 bits per heavy atom. The van der Waals surface area contributed by atoms with Crippen LogP contribution < -0.4 is 5.32 Å². The lowest BCUT2D eigenvalue weighted by Gasteiger charge is -2.33. The number of carbonyl (C=O) groups is 2. The Kier molecular flexibility index (Phi) is 10.3. The van der Waals surface area contributed by atoms with Crippen molar-refractivity contribution in [2.45, 2.75) is 86.1 Å². The number of aliphatic carboxylic acids is 1. The maximum atomic E-state index is 12.8. The Bertz CT molecular complexity index is 1480. The number of likely N-dealkylation sites (tertiary alicyclic amines) is 1. The van der Waals surface area contributed by atoms with Crippen LogP contribution in [0.5, 0.6) is 0 Å². The molecular formula is C33H44N6O3S. The monoisotopic (exact) mass is 604 g/mol. The number of carboxylic acid groups (broad SMARTS) is 1. The molecule has 2 N–H and O–H groups in total. The van der Waals surface area contributed by atoms with Gasteiger partial charge in [0.05, 0.1) is 22.8 Å². The molecule has 4 rings (SSSR count). The topological polar surface area (TPSA) is 121 Å². The minimum absolute atomic E-state index is 0.0887. The van der Waals surface area contributed by atoms with E-state index in [1.165, 1.54) is 11.3 Å². The van der Waals surface area contributed by atoms with Crippen LogP contribution in [0, 0.1) is 25.7 Å². The van der Waals surface area contributed by atoms with Crippen molar-refractivity contribution >= 4 is 34.9 Å². The van der Waals surface area contributed by atoms with Gasteiger partial charge in [-0.15, -0.1) is 11.3 Å². The first-order valence-electron chi connectivity index (χ1n) is 15.1. The van der Waals surface area contributed by atoms with Crippen LogP contribution in [0.2, 0.25) is 0 Å². The third kappa shape index (κ3) is 8.04. The third-order valence-corrected chi connectivity index (χ3v) is 9.58. The van der Waals surface area contributed by atoms with Gasteiger partial charge in [0.25, 0.3) is 5.91 Å². The number of piperidine rings is 1. The first kappa shape index (κ1) is 32.3. The number of nitrogens with zero attached hydrogens (tertiary/aromatic N) is 5. The largest absolute Gasteiger partial charge is 0.481 e. The number of aliphatic imine (C=N–C) groups is 1. The second-order valence-corrected chi connectivity index (χ2v) is 13.7. The molecule has 0 aliphatic carbocycles. The first-order chi connectivity index (χ1) is 20.4. The molecule has 230 valence electrons. The molecule has 0 spiro atoms. The second kappa shape index (κ2) is 13.8. The molecule has 1 fully saturated rings. The highest BCUT2D eigenvalue weighted by Crippen LogP contribution is 2.30. The lowest BCUT2D eigenvalue weighted by Crippen LogP contribution is -2.40. The van der Waals surface area contributed by atoms with E-state index in [1.807, 2.05) is 26.0 Å². The normalized spacial score (nSPS) is 15.4. The van der Waals surface area contributed by atoms with E-state index in [2.05, 4.69) is 65.9 Å². The number of amides is 1. The van der Waals surface area contributed by atoms with E-state index in [-0.39, 0.29) is 17.2 Å². The van der Waals surface area contributed by atoms with Gasteiger partial charge in [0, 0.05) is 42.6 Å². The molecule has 1 aromatic carbocycles. The number of thiazole rings is 1. The zero-order valence-electron chi connectivity index (χ0n) is 26.4. The van der Waals surface area contributed by atoms with Crippen LogP contribution in [0.3, 0.4) is 0 Å². The highest BCUT2D eigenvalue weighted by molar-refractivity contribution is 7.13. The molecule has 10 heteroatoms. The molecule has 0 saturated carbocycles. The quantitative estimate of drug-likeness (QED) is 0.206. The van der Waals surface area contributed by atoms with E-state index >= 15 is 0 Å². The van der Waals surface area contributed by atoms with Crippen LogP contribution in [0.1, 0.15) is 91.7 Å². The number of aromatic nitrogens is 3. The van der Waals surface area contributed by atoms with Gasteiger partial charge >= 0.3 is 5.97 Å². The highest BCUT2D eigenvalue weighted by Gasteiger charge is 2.27. The Balaban J connectivity index is 1.52. The molecule has 3 aromatic rings. The third-order valence-electron chi connectivity index (χ3n) is 8.16. The van der Waals surface area contributed by atoms with E-state index in [4.69, 9.17) is 4.99 Å². The molecule has 43 heavy (non-hydrogen) atoms. The number of aryl methyl sites for hydroxylation is 1. The van der Waals surface area contributed by atoms with Gasteiger partial charge in [0.15, 0.2) is 5.82 Å². The number of carboxylic acids is 1. The molecule has 1 unspecified atom stereocenters. The fourth-order valence-corrected chi connectivity index (χ4v) is 5.97. The van der Waals surface area contributed by atoms with Crippen molar-refractivity contribution in [1.82, 2.24) is 25.2 Å². The Morgan fingerprint density at radius 2 is 1.88 bits per heavy atom. The van der Waals surface area contributed by atoms with Gasteiger partial charge in [-0.3, -0.25) is 9.59 Å². The van der Waals surface area contributed by atoms with Gasteiger partial charge in [0.2, 0.25) is 0 Å². The van der Waals surface area contributed by atoms with Gasteiger partial charge in [-0.2, -0.15) is 0 Å². The maximum absolute atomic E-state index is 12.8. The van der Waals surface area contributed by atoms with Crippen LogP contribution in [0.15, 0.2) is 35.7 Å². The number of hydrogen-bond donors (Lipinski definition) is 2. The van der Waals surface area contributed by atoms with Crippen LogP contribution >= 0.6 is 11.3 Å². The number of benzene rings is 1. The summed E-state index contributed by atoms with van der Waals surface area (Å²) < 4.78 is 0. The average Bonchev–Trinajstić information content (AvgIpc) is 3.48. The van der Waals surface area contributed by atoms with E-state index in [0.717, 1.165) is 51.6 Å². The van der Waals surface area contributed by atoms with Crippen molar-refractivity contribution in [3.63, 3.8) is 0 Å². The summed E-state index contributed by atoms with van der Waals surface area (Å²) in [6.45, 7) is 16.5. The van der Waals surface area contributed by atoms with Gasteiger partial charge in [-0.05, 0) is 49.8 Å². The van der Waals surface area contributed by atoms with E-state index in [9.17, 15) is 14.7 Å². The molecule has 1 amide bonds. The Labute approximate surface area is 258 Å². The highest BCUT2D eigenvalue weighted by atomic mass is 32.1. The van der Waals surface area contributed by atoms with Crippen LogP contribution in [-0.2, 0) is 16.8 Å². The van der Waals surface area contributed by atoms with E-state index in [1.54, 1.807) is 12.5 Å². The zero-order chi connectivity index (χ0) is 31.3. The van der Waals surface area contributed by atoms with Crippen molar-refractivity contribution in [2.24, 2.45) is 16.8 Å². The summed E-state index contributed by atoms with van der Waals surface area (Å²) in [6, 6.07) is 6.15. The summed E-state index contributed by atoms with van der Waals surface area (Å²) in [6.07, 6.45) is 6.30. The van der Waals surface area contributed by atoms with Crippen molar-refractivity contribution in [2.75, 3.05) is 13.1 Å². The van der Waals surface area contributed by atoms with Crippen molar-refractivity contribution in [3.8, 4) is 11.3 Å². The molecule has 1 aliphatic rings. The number of carbonyl (C=O) groups excluding carboxylic acids is 1.